The van der Waals surface area contributed by atoms with Gasteiger partial charge in [0.1, 0.15) is 23.1 Å². The first-order valence-corrected chi connectivity index (χ1v) is 28.6. The summed E-state index contributed by atoms with van der Waals surface area (Å²) in [4.78, 5) is 52.5. The highest BCUT2D eigenvalue weighted by atomic mass is 28.4. The van der Waals surface area contributed by atoms with Crippen LogP contribution in [0.2, 0.25) is 16.6 Å². The van der Waals surface area contributed by atoms with Crippen LogP contribution in [-0.2, 0) is 37.7 Å². The van der Waals surface area contributed by atoms with Crippen molar-refractivity contribution in [3.8, 4) is 23.1 Å². The molecule has 0 unspecified atom stereocenters. The molecule has 1 saturated heterocycles. The maximum atomic E-state index is 15.8. The lowest BCUT2D eigenvalue weighted by Crippen LogP contribution is -2.51. The molecule has 15 heteroatoms. The molecular weight excluding hydrogens is 953 g/mol. The molecule has 0 spiro atoms. The highest BCUT2D eigenvalue weighted by Gasteiger charge is 2.47. The SMILES string of the molecule is Cc1c(C(=O)N(c2ccc(O[Si](C(C)C)(C(C)C)C(C)C)cc2)c2cc(C#N)n(C(F)F)c2C)cc(-c2cc3c(cc2C(=O)N2Cc4ccccc4C[C@H]2CN2CCCCC2)CN(C(=O)OC(C)(C)C)CC3)n1C. The summed E-state index contributed by atoms with van der Waals surface area (Å²) in [5.41, 5.74) is 7.34. The van der Waals surface area contributed by atoms with Gasteiger partial charge in [-0.15, -0.1) is 0 Å². The number of ether oxygens (including phenoxy) is 1. The summed E-state index contributed by atoms with van der Waals surface area (Å²) in [6.07, 6.45) is 4.26. The number of aromatic nitrogens is 2. The minimum absolute atomic E-state index is 0.0510. The van der Waals surface area contributed by atoms with E-state index < -0.39 is 32.5 Å². The van der Waals surface area contributed by atoms with Crippen LogP contribution in [0, 0.1) is 25.2 Å². The number of hydrogen-bond acceptors (Lipinski definition) is 7. The van der Waals surface area contributed by atoms with Crippen LogP contribution in [-0.4, -0.2) is 87.9 Å². The quantitative estimate of drug-likeness (QED) is 0.108. The molecule has 74 heavy (non-hydrogen) atoms. The van der Waals surface area contributed by atoms with Gasteiger partial charge in [0.2, 0.25) is 0 Å². The van der Waals surface area contributed by atoms with E-state index >= 15 is 9.59 Å². The Bertz CT molecular complexity index is 2920. The zero-order valence-electron chi connectivity index (χ0n) is 45.5. The Labute approximate surface area is 438 Å². The zero-order chi connectivity index (χ0) is 53.6. The second-order valence-electron chi connectivity index (χ2n) is 22.6. The molecule has 0 bridgehead atoms. The maximum Gasteiger partial charge on any atom is 0.410 e. The average molecular weight is 1030 g/mol. The molecule has 12 nitrogen and oxygen atoms in total. The minimum Gasteiger partial charge on any atom is -0.543 e. The average Bonchev–Trinajstić information content (AvgIpc) is 3.85. The van der Waals surface area contributed by atoms with E-state index in [2.05, 4.69) is 64.6 Å². The number of fused-ring (bicyclic) bond motifs is 2. The monoisotopic (exact) mass is 1030 g/mol. The van der Waals surface area contributed by atoms with E-state index in [1.54, 1.807) is 23.1 Å². The Morgan fingerprint density at radius 1 is 0.797 bits per heavy atom. The molecule has 3 aromatic carbocycles. The Kier molecular flexibility index (Phi) is 15.7. The van der Waals surface area contributed by atoms with Gasteiger partial charge in [0.15, 0.2) is 0 Å². The molecule has 3 aliphatic rings. The van der Waals surface area contributed by atoms with Crippen LogP contribution in [0.3, 0.4) is 0 Å². The van der Waals surface area contributed by atoms with Crippen LogP contribution >= 0.6 is 0 Å². The summed E-state index contributed by atoms with van der Waals surface area (Å²) in [5.74, 6) is 0.0214. The third kappa shape index (κ3) is 10.5. The third-order valence-electron chi connectivity index (χ3n) is 15.9. The van der Waals surface area contributed by atoms with Gasteiger partial charge in [-0.1, -0.05) is 72.2 Å². The van der Waals surface area contributed by atoms with Crippen molar-refractivity contribution < 1.29 is 32.3 Å². The molecule has 0 saturated carbocycles. The second-order valence-corrected chi connectivity index (χ2v) is 28.0. The number of likely N-dealkylation sites (tertiary alicyclic amines) is 1. The largest absolute Gasteiger partial charge is 0.543 e. The van der Waals surface area contributed by atoms with Gasteiger partial charge in [0, 0.05) is 73.2 Å². The number of piperidine rings is 1. The van der Waals surface area contributed by atoms with Crippen molar-refractivity contribution in [3.63, 3.8) is 0 Å². The Hall–Kier alpha value is -6.24. The fourth-order valence-corrected chi connectivity index (χ4v) is 17.4. The number of anilines is 2. The molecule has 1 fully saturated rings. The molecule has 3 aliphatic heterocycles. The topological polar surface area (TPSA) is 116 Å². The first-order valence-electron chi connectivity index (χ1n) is 26.5. The van der Waals surface area contributed by atoms with Crippen molar-refractivity contribution in [2.24, 2.45) is 7.05 Å². The number of carbonyl (C=O) groups is 3. The number of nitriles is 1. The smallest absolute Gasteiger partial charge is 0.410 e. The van der Waals surface area contributed by atoms with Gasteiger partial charge in [-0.05, 0) is 161 Å². The van der Waals surface area contributed by atoms with E-state index in [1.807, 2.05) is 80.6 Å². The van der Waals surface area contributed by atoms with Crippen LogP contribution in [0.1, 0.15) is 148 Å². The predicted octanol–water partition coefficient (Wildman–Crippen LogP) is 13.3. The normalized spacial score (nSPS) is 16.4. The van der Waals surface area contributed by atoms with Crippen LogP contribution in [0.15, 0.2) is 72.8 Å². The molecule has 394 valence electrons. The second kappa shape index (κ2) is 21.5. The summed E-state index contributed by atoms with van der Waals surface area (Å²) < 4.78 is 44.8. The standard InChI is InChI=1S/C59H75F2N7O5Si/c1-37(2)74(38(3)4,39(5)6)73-49-22-20-46(21-23-49)68(53-31-47(33-62)67(41(53)8)57(60)61)56(70)50-32-54(63(12)40(50)7)51-29-43-24-27-65(58(71)72-59(9,10)11)34-45(43)30-52(51)55(69)66-35-44-19-15-14-18-42(44)28-48(66)36-64-25-16-13-17-26-64/h14-15,18-23,29-32,37-39,48,57H,13,16-17,24-28,34-36H2,1-12H3/t48-/m0/s1. The Morgan fingerprint density at radius 2 is 1.45 bits per heavy atom. The molecule has 0 N–H and O–H groups in total. The first-order chi connectivity index (χ1) is 35.0. The van der Waals surface area contributed by atoms with E-state index in [1.165, 1.54) is 29.9 Å². The Balaban J connectivity index is 1.25. The molecule has 1 atom stereocenters. The molecule has 0 radical (unpaired) electrons. The zero-order valence-corrected chi connectivity index (χ0v) is 46.5. The number of amides is 3. The van der Waals surface area contributed by atoms with E-state index in [4.69, 9.17) is 9.16 Å². The van der Waals surface area contributed by atoms with E-state index in [0.717, 1.165) is 49.2 Å². The Morgan fingerprint density at radius 3 is 2.04 bits per heavy atom. The van der Waals surface area contributed by atoms with Gasteiger partial charge in [0.25, 0.3) is 20.1 Å². The molecule has 3 amide bonds. The summed E-state index contributed by atoms with van der Waals surface area (Å²) in [6.45, 7) is 22.9. The molecule has 8 rings (SSSR count). The summed E-state index contributed by atoms with van der Waals surface area (Å²) in [5, 5.41) is 10.1. The van der Waals surface area contributed by atoms with Gasteiger partial charge in [-0.25, -0.2) is 4.79 Å². The van der Waals surface area contributed by atoms with Crippen LogP contribution in [0.5, 0.6) is 5.75 Å². The van der Waals surface area contributed by atoms with Gasteiger partial charge in [-0.3, -0.25) is 19.1 Å². The summed E-state index contributed by atoms with van der Waals surface area (Å²) in [6, 6.07) is 24.5. The van der Waals surface area contributed by atoms with Gasteiger partial charge in [-0.2, -0.15) is 14.0 Å². The lowest BCUT2D eigenvalue weighted by atomic mass is 9.89. The number of carbonyl (C=O) groups excluding carboxylic acids is 3. The number of rotatable bonds is 13. The van der Waals surface area contributed by atoms with E-state index in [-0.39, 0.29) is 35.6 Å². The van der Waals surface area contributed by atoms with Gasteiger partial charge >= 0.3 is 12.6 Å². The summed E-state index contributed by atoms with van der Waals surface area (Å²) >= 11 is 0. The fourth-order valence-electron chi connectivity index (χ4n) is 12.1. The number of benzene rings is 3. The highest BCUT2D eigenvalue weighted by molar-refractivity contribution is 6.78. The van der Waals surface area contributed by atoms with Crippen molar-refractivity contribution in [2.75, 3.05) is 31.1 Å². The van der Waals surface area contributed by atoms with Crippen molar-refractivity contribution in [2.45, 2.75) is 156 Å². The van der Waals surface area contributed by atoms with Crippen molar-refractivity contribution in [3.05, 3.63) is 123 Å². The molecular formula is C59H75F2N7O5Si. The molecule has 5 aromatic rings. The summed E-state index contributed by atoms with van der Waals surface area (Å²) in [7, 11) is -0.496. The number of nitrogens with zero attached hydrogens (tertiary/aromatic N) is 7. The number of alkyl halides is 2. The van der Waals surface area contributed by atoms with Crippen LogP contribution in [0.4, 0.5) is 25.0 Å². The maximum absolute atomic E-state index is 15.8. The van der Waals surface area contributed by atoms with Crippen molar-refractivity contribution in [1.82, 2.24) is 23.8 Å². The van der Waals surface area contributed by atoms with Gasteiger partial charge < -0.3 is 28.4 Å². The lowest BCUT2D eigenvalue weighted by Gasteiger charge is -2.42. The van der Waals surface area contributed by atoms with E-state index in [0.29, 0.717) is 86.6 Å². The molecule has 2 aromatic heterocycles. The lowest BCUT2D eigenvalue weighted by molar-refractivity contribution is 0.0223. The first kappa shape index (κ1) is 54.0. The van der Waals surface area contributed by atoms with Crippen LogP contribution < -0.4 is 9.33 Å². The number of hydrogen-bond donors (Lipinski definition) is 0. The highest BCUT2D eigenvalue weighted by Crippen LogP contribution is 2.44. The third-order valence-corrected chi connectivity index (χ3v) is 21.9. The number of halogens is 2. The van der Waals surface area contributed by atoms with Crippen molar-refractivity contribution in [1.29, 1.82) is 5.26 Å². The minimum atomic E-state index is -3.03. The predicted molar refractivity (Wildman–Crippen MR) is 290 cm³/mol. The fraction of sp³-hybridized carbons (Fsp3) is 0.492. The van der Waals surface area contributed by atoms with E-state index in [9.17, 15) is 18.8 Å². The van der Waals surface area contributed by atoms with Crippen LogP contribution in [0.25, 0.3) is 11.3 Å². The van der Waals surface area contributed by atoms with Gasteiger partial charge in [0.05, 0.1) is 11.3 Å². The molecule has 0 aliphatic carbocycles. The molecule has 5 heterocycles. The van der Waals surface area contributed by atoms with Crippen molar-refractivity contribution >= 4 is 37.6 Å².